The molecule has 1 atom stereocenters. The minimum absolute atomic E-state index is 0.0388. The molecular formula is C9H14O2. The Bertz CT molecular complexity index is 240. The maximum atomic E-state index is 11.1. The predicted octanol–water partition coefficient (Wildman–Crippen LogP) is 1.74. The largest absolute Gasteiger partial charge is 0.457 e. The first-order chi connectivity index (χ1) is 4.83. The zero-order valence-corrected chi connectivity index (χ0v) is 7.52. The first-order valence-electron chi connectivity index (χ1n) is 4.07. The fourth-order valence-corrected chi connectivity index (χ4v) is 2.35. The molecular weight excluding hydrogens is 140 g/mol. The summed E-state index contributed by atoms with van der Waals surface area (Å²) >= 11 is 0. The molecule has 2 rings (SSSR count). The average molecular weight is 154 g/mol. The Hall–Kier alpha value is -0.530. The lowest BCUT2D eigenvalue weighted by molar-refractivity contribution is -0.215. The van der Waals surface area contributed by atoms with Crippen molar-refractivity contribution in [3.05, 3.63) is 0 Å². The van der Waals surface area contributed by atoms with Crippen LogP contribution >= 0.6 is 0 Å². The van der Waals surface area contributed by atoms with Crippen LogP contribution in [0.15, 0.2) is 0 Å². The van der Waals surface area contributed by atoms with Crippen LogP contribution in [0.25, 0.3) is 0 Å². The van der Waals surface area contributed by atoms with Crippen molar-refractivity contribution in [1.29, 1.82) is 0 Å². The first kappa shape index (κ1) is 7.14. The van der Waals surface area contributed by atoms with Crippen LogP contribution in [-0.4, -0.2) is 11.6 Å². The van der Waals surface area contributed by atoms with Crippen LogP contribution in [0.4, 0.5) is 0 Å². The molecule has 2 nitrogen and oxygen atoms in total. The molecule has 0 amide bonds. The minimum atomic E-state index is -0.240. The van der Waals surface area contributed by atoms with Crippen molar-refractivity contribution in [2.45, 2.75) is 39.7 Å². The Balaban J connectivity index is 2.30. The second-order valence-corrected chi connectivity index (χ2v) is 4.90. The molecule has 0 aromatic heterocycles. The highest BCUT2D eigenvalue weighted by Crippen LogP contribution is 2.72. The normalized spacial score (nSPS) is 43.1. The molecule has 2 fully saturated rings. The lowest BCUT2D eigenvalue weighted by Gasteiger charge is -2.45. The fourth-order valence-electron chi connectivity index (χ4n) is 2.35. The zero-order valence-electron chi connectivity index (χ0n) is 7.52. The van der Waals surface area contributed by atoms with Crippen molar-refractivity contribution in [3.63, 3.8) is 0 Å². The zero-order chi connectivity index (χ0) is 8.49. The molecule has 1 saturated carbocycles. The van der Waals surface area contributed by atoms with E-state index in [1.54, 1.807) is 0 Å². The number of ether oxygens (including phenoxy) is 1. The van der Waals surface area contributed by atoms with Crippen molar-refractivity contribution in [3.8, 4) is 0 Å². The van der Waals surface area contributed by atoms with E-state index in [0.717, 1.165) is 6.42 Å². The third-order valence-corrected chi connectivity index (χ3v) is 3.45. The average Bonchev–Trinajstić information content (AvgIpc) is 2.38. The smallest absolute Gasteiger partial charge is 0.316 e. The summed E-state index contributed by atoms with van der Waals surface area (Å²) in [6.07, 6.45) is 1.03. The summed E-state index contributed by atoms with van der Waals surface area (Å²) in [5.74, 6) is -0.0388. The third-order valence-electron chi connectivity index (χ3n) is 3.45. The Morgan fingerprint density at radius 3 is 1.82 bits per heavy atom. The molecule has 0 unspecified atom stereocenters. The number of rotatable bonds is 0. The summed E-state index contributed by atoms with van der Waals surface area (Å²) in [4.78, 5) is 11.1. The quantitative estimate of drug-likeness (QED) is 0.497. The number of carbonyl (C=O) groups is 1. The molecule has 0 N–H and O–H groups in total. The lowest BCUT2D eigenvalue weighted by atomic mass is 9.75. The standard InChI is InChI=1S/C9H14O2/c1-7(2)5-9(7)8(3,4)6(10)11-9/h5H2,1-4H3/t9-/m1/s1. The molecule has 2 heteroatoms. The second-order valence-electron chi connectivity index (χ2n) is 4.90. The van der Waals surface area contributed by atoms with Gasteiger partial charge in [0.15, 0.2) is 0 Å². The van der Waals surface area contributed by atoms with Crippen LogP contribution in [-0.2, 0) is 9.53 Å². The molecule has 2 aliphatic rings. The van der Waals surface area contributed by atoms with Gasteiger partial charge in [-0.15, -0.1) is 0 Å². The van der Waals surface area contributed by atoms with Gasteiger partial charge in [0.05, 0.1) is 0 Å². The van der Waals surface area contributed by atoms with E-state index in [2.05, 4.69) is 13.8 Å². The molecule has 0 bridgehead atoms. The van der Waals surface area contributed by atoms with Crippen molar-refractivity contribution < 1.29 is 9.53 Å². The van der Waals surface area contributed by atoms with E-state index in [9.17, 15) is 4.79 Å². The van der Waals surface area contributed by atoms with Crippen LogP contribution in [0, 0.1) is 10.8 Å². The van der Waals surface area contributed by atoms with Gasteiger partial charge in [-0.05, 0) is 20.3 Å². The number of hydrogen-bond acceptors (Lipinski definition) is 2. The maximum Gasteiger partial charge on any atom is 0.316 e. The van der Waals surface area contributed by atoms with Crippen LogP contribution in [0.2, 0.25) is 0 Å². The predicted molar refractivity (Wildman–Crippen MR) is 41.0 cm³/mol. The Morgan fingerprint density at radius 2 is 1.73 bits per heavy atom. The van der Waals surface area contributed by atoms with Crippen LogP contribution in [0.3, 0.4) is 0 Å². The Labute approximate surface area is 66.9 Å². The number of esters is 1. The van der Waals surface area contributed by atoms with E-state index < -0.39 is 0 Å². The van der Waals surface area contributed by atoms with Gasteiger partial charge in [0, 0.05) is 5.41 Å². The van der Waals surface area contributed by atoms with E-state index >= 15 is 0 Å². The van der Waals surface area contributed by atoms with Gasteiger partial charge in [-0.1, -0.05) is 13.8 Å². The molecule has 0 radical (unpaired) electrons. The van der Waals surface area contributed by atoms with Crippen molar-refractivity contribution >= 4 is 5.97 Å². The summed E-state index contributed by atoms with van der Waals surface area (Å²) in [7, 11) is 0. The van der Waals surface area contributed by atoms with Crippen LogP contribution < -0.4 is 0 Å². The molecule has 1 saturated heterocycles. The SMILES string of the molecule is CC1(C)C[C@@]12OC(=O)C2(C)C. The molecule has 1 aliphatic heterocycles. The molecule has 62 valence electrons. The van der Waals surface area contributed by atoms with Gasteiger partial charge < -0.3 is 4.74 Å². The van der Waals surface area contributed by atoms with Crippen molar-refractivity contribution in [2.24, 2.45) is 10.8 Å². The first-order valence-corrected chi connectivity index (χ1v) is 4.07. The Morgan fingerprint density at radius 1 is 1.27 bits per heavy atom. The summed E-state index contributed by atoms with van der Waals surface area (Å²) in [6.45, 7) is 8.27. The summed E-state index contributed by atoms with van der Waals surface area (Å²) < 4.78 is 5.23. The van der Waals surface area contributed by atoms with E-state index in [-0.39, 0.29) is 22.4 Å². The fraction of sp³-hybridized carbons (Fsp3) is 0.889. The minimum Gasteiger partial charge on any atom is -0.457 e. The molecule has 0 aromatic carbocycles. The van der Waals surface area contributed by atoms with Gasteiger partial charge in [-0.3, -0.25) is 4.79 Å². The highest BCUT2D eigenvalue weighted by Gasteiger charge is 2.80. The highest BCUT2D eigenvalue weighted by atomic mass is 16.6. The molecule has 1 heterocycles. The van der Waals surface area contributed by atoms with Gasteiger partial charge in [0.25, 0.3) is 0 Å². The molecule has 1 spiro atoms. The summed E-state index contributed by atoms with van der Waals surface area (Å²) in [5, 5.41) is 0. The van der Waals surface area contributed by atoms with Gasteiger partial charge in [-0.25, -0.2) is 0 Å². The van der Waals surface area contributed by atoms with Crippen LogP contribution in [0.1, 0.15) is 34.1 Å². The third kappa shape index (κ3) is 0.501. The van der Waals surface area contributed by atoms with Gasteiger partial charge in [-0.2, -0.15) is 0 Å². The summed E-state index contributed by atoms with van der Waals surface area (Å²) in [6, 6.07) is 0. The van der Waals surface area contributed by atoms with Crippen molar-refractivity contribution in [2.75, 3.05) is 0 Å². The number of carbonyl (C=O) groups excluding carboxylic acids is 1. The number of hydrogen-bond donors (Lipinski definition) is 0. The van der Waals surface area contributed by atoms with Crippen molar-refractivity contribution in [1.82, 2.24) is 0 Å². The van der Waals surface area contributed by atoms with Gasteiger partial charge >= 0.3 is 5.97 Å². The maximum absolute atomic E-state index is 11.1. The van der Waals surface area contributed by atoms with Crippen LogP contribution in [0.5, 0.6) is 0 Å². The summed E-state index contributed by atoms with van der Waals surface area (Å²) in [5.41, 5.74) is -0.141. The highest BCUT2D eigenvalue weighted by molar-refractivity contribution is 5.86. The van der Waals surface area contributed by atoms with Gasteiger partial charge in [0.1, 0.15) is 11.0 Å². The van der Waals surface area contributed by atoms with E-state index in [1.165, 1.54) is 0 Å². The molecule has 1 aliphatic carbocycles. The van der Waals surface area contributed by atoms with Gasteiger partial charge in [0.2, 0.25) is 0 Å². The van der Waals surface area contributed by atoms with E-state index in [1.807, 2.05) is 13.8 Å². The molecule has 0 aromatic rings. The topological polar surface area (TPSA) is 26.3 Å². The monoisotopic (exact) mass is 154 g/mol. The van der Waals surface area contributed by atoms with E-state index in [4.69, 9.17) is 4.74 Å². The molecule has 11 heavy (non-hydrogen) atoms. The lowest BCUT2D eigenvalue weighted by Crippen LogP contribution is -2.57. The Kier molecular flexibility index (Phi) is 0.873. The second kappa shape index (κ2) is 1.35. The van der Waals surface area contributed by atoms with E-state index in [0.29, 0.717) is 0 Å².